The molecule has 31 heavy (non-hydrogen) atoms. The predicted molar refractivity (Wildman–Crippen MR) is 118 cm³/mol. The summed E-state index contributed by atoms with van der Waals surface area (Å²) in [7, 11) is 1.49. The lowest BCUT2D eigenvalue weighted by Gasteiger charge is -2.37. The number of likely N-dealkylation sites (tertiary alicyclic amines) is 1. The number of carbonyl (C=O) groups excluding carboxylic acids is 2. The number of phenolic OH excluding ortho intramolecular Hbond substituents is 1. The summed E-state index contributed by atoms with van der Waals surface area (Å²) in [6.45, 7) is 8.10. The van der Waals surface area contributed by atoms with Gasteiger partial charge in [-0.05, 0) is 61.1 Å². The van der Waals surface area contributed by atoms with Crippen LogP contribution in [0.5, 0.6) is 11.5 Å². The van der Waals surface area contributed by atoms with Crippen molar-refractivity contribution in [2.24, 2.45) is 17.3 Å². The molecule has 3 rings (SSSR count). The van der Waals surface area contributed by atoms with Crippen LogP contribution in [0.3, 0.4) is 0 Å². The van der Waals surface area contributed by atoms with E-state index < -0.39 is 0 Å². The minimum absolute atomic E-state index is 0.0107. The smallest absolute Gasteiger partial charge is 0.410 e. The Hall–Kier alpha value is -2.44. The minimum atomic E-state index is -0.294. The first kappa shape index (κ1) is 23.2. The molecule has 7 heteroatoms. The van der Waals surface area contributed by atoms with Gasteiger partial charge in [0.25, 0.3) is 0 Å². The third-order valence-electron chi connectivity index (χ3n) is 6.69. The van der Waals surface area contributed by atoms with E-state index >= 15 is 0 Å². The number of nitrogens with zero attached hydrogens (tertiary/aromatic N) is 1. The second-order valence-electron chi connectivity index (χ2n) is 9.88. The number of aromatic hydroxyl groups is 1. The maximum Gasteiger partial charge on any atom is 0.410 e. The summed E-state index contributed by atoms with van der Waals surface area (Å²) in [5.41, 5.74) is 1.14. The highest BCUT2D eigenvalue weighted by Gasteiger charge is 2.35. The van der Waals surface area contributed by atoms with Gasteiger partial charge in [-0.2, -0.15) is 0 Å². The van der Waals surface area contributed by atoms with Gasteiger partial charge in [0.1, 0.15) is 6.10 Å². The fraction of sp³-hybridized carbons (Fsp3) is 0.667. The Bertz CT molecular complexity index is 781. The van der Waals surface area contributed by atoms with Gasteiger partial charge in [0, 0.05) is 19.6 Å². The van der Waals surface area contributed by atoms with Crippen molar-refractivity contribution in [3.8, 4) is 11.5 Å². The molecule has 2 amide bonds. The maximum absolute atomic E-state index is 12.6. The van der Waals surface area contributed by atoms with Crippen LogP contribution in [0.4, 0.5) is 4.79 Å². The number of methoxy groups -OCH3 is 1. The third kappa shape index (κ3) is 6.05. The molecule has 7 nitrogen and oxygen atoms in total. The van der Waals surface area contributed by atoms with E-state index in [0.29, 0.717) is 43.1 Å². The van der Waals surface area contributed by atoms with Gasteiger partial charge in [0.05, 0.1) is 13.0 Å². The Morgan fingerprint density at radius 1 is 1.16 bits per heavy atom. The van der Waals surface area contributed by atoms with Crippen molar-refractivity contribution in [3.05, 3.63) is 23.8 Å². The summed E-state index contributed by atoms with van der Waals surface area (Å²) in [5, 5.41) is 12.6. The Morgan fingerprint density at radius 3 is 2.52 bits per heavy atom. The van der Waals surface area contributed by atoms with Gasteiger partial charge in [-0.3, -0.25) is 4.79 Å². The lowest BCUT2D eigenvalue weighted by atomic mass is 9.72. The Balaban J connectivity index is 1.42. The molecular formula is C24H36N2O5. The third-order valence-corrected chi connectivity index (χ3v) is 6.69. The van der Waals surface area contributed by atoms with E-state index in [1.54, 1.807) is 23.1 Å². The second-order valence-corrected chi connectivity index (χ2v) is 9.88. The molecule has 1 heterocycles. The van der Waals surface area contributed by atoms with E-state index in [1.165, 1.54) is 7.11 Å². The predicted octanol–water partition coefficient (Wildman–Crippen LogP) is 4.08. The molecule has 0 aromatic heterocycles. The molecule has 2 aliphatic rings. The molecule has 2 fully saturated rings. The van der Waals surface area contributed by atoms with E-state index in [0.717, 1.165) is 31.2 Å². The first-order valence-electron chi connectivity index (χ1n) is 11.3. The van der Waals surface area contributed by atoms with Crippen LogP contribution < -0.4 is 10.1 Å². The molecule has 2 N–H and O–H groups in total. The van der Waals surface area contributed by atoms with Gasteiger partial charge in [0.2, 0.25) is 5.91 Å². The van der Waals surface area contributed by atoms with Crippen molar-refractivity contribution >= 4 is 12.0 Å². The number of hydrogen-bond donors (Lipinski definition) is 2. The number of ether oxygens (including phenoxy) is 2. The second kappa shape index (κ2) is 9.79. The monoisotopic (exact) mass is 432 g/mol. The van der Waals surface area contributed by atoms with E-state index in [2.05, 4.69) is 26.1 Å². The van der Waals surface area contributed by atoms with Crippen LogP contribution in [0.2, 0.25) is 0 Å². The number of benzene rings is 1. The number of rotatable bonds is 5. The average Bonchev–Trinajstić information content (AvgIpc) is 3.23. The first-order valence-corrected chi connectivity index (χ1v) is 11.3. The van der Waals surface area contributed by atoms with Crippen LogP contribution in [-0.4, -0.2) is 48.3 Å². The van der Waals surface area contributed by atoms with Crippen LogP contribution in [0.1, 0.15) is 58.4 Å². The molecule has 0 spiro atoms. The van der Waals surface area contributed by atoms with Crippen LogP contribution in [-0.2, 0) is 16.1 Å². The fourth-order valence-corrected chi connectivity index (χ4v) is 4.57. The topological polar surface area (TPSA) is 88.1 Å². The van der Waals surface area contributed by atoms with E-state index in [4.69, 9.17) is 9.47 Å². The summed E-state index contributed by atoms with van der Waals surface area (Å²) in [5.74, 6) is 0.805. The molecule has 1 aromatic rings. The molecule has 1 aliphatic carbocycles. The Labute approximate surface area is 185 Å². The van der Waals surface area contributed by atoms with E-state index in [9.17, 15) is 14.7 Å². The average molecular weight is 433 g/mol. The van der Waals surface area contributed by atoms with E-state index in [-0.39, 0.29) is 29.8 Å². The van der Waals surface area contributed by atoms with Crippen LogP contribution >= 0.6 is 0 Å². The highest BCUT2D eigenvalue weighted by Crippen LogP contribution is 2.38. The lowest BCUT2D eigenvalue weighted by molar-refractivity contribution is -0.124. The van der Waals surface area contributed by atoms with Gasteiger partial charge < -0.3 is 24.8 Å². The van der Waals surface area contributed by atoms with Crippen LogP contribution in [0.15, 0.2) is 18.2 Å². The standard InChI is InChI=1S/C24H36N2O5/c1-24(2,3)18-6-8-19(9-7-18)31-23(29)26-12-11-17(15-26)22(28)25-14-16-5-10-20(27)21(13-16)30-4/h5,10,13,17-19,27H,6-9,11-12,14-15H2,1-4H3,(H,25,28)/t17-,18-,19+/m0/s1. The number of phenols is 1. The van der Waals surface area contributed by atoms with E-state index in [1.807, 2.05) is 0 Å². The highest BCUT2D eigenvalue weighted by molar-refractivity contribution is 5.80. The summed E-state index contributed by atoms with van der Waals surface area (Å²) in [6.07, 6.45) is 4.35. The molecule has 1 saturated heterocycles. The zero-order chi connectivity index (χ0) is 22.6. The molecule has 1 saturated carbocycles. The maximum atomic E-state index is 12.6. The zero-order valence-electron chi connectivity index (χ0n) is 19.1. The van der Waals surface area contributed by atoms with Crippen LogP contribution in [0.25, 0.3) is 0 Å². The highest BCUT2D eigenvalue weighted by atomic mass is 16.6. The Kier molecular flexibility index (Phi) is 7.34. The SMILES string of the molecule is COc1cc(CNC(=O)[C@H]2CCN(C(=O)O[C@H]3CC[C@@H](C(C)(C)C)CC3)C2)ccc1O. The van der Waals surface area contributed by atoms with Gasteiger partial charge in [-0.1, -0.05) is 26.8 Å². The molecule has 1 atom stereocenters. The zero-order valence-corrected chi connectivity index (χ0v) is 19.1. The summed E-state index contributed by atoms with van der Waals surface area (Å²) < 4.78 is 10.8. The molecule has 1 aromatic carbocycles. The Morgan fingerprint density at radius 2 is 1.87 bits per heavy atom. The molecule has 0 radical (unpaired) electrons. The largest absolute Gasteiger partial charge is 0.504 e. The van der Waals surface area contributed by atoms with Gasteiger partial charge in [0.15, 0.2) is 11.5 Å². The molecule has 172 valence electrons. The van der Waals surface area contributed by atoms with Crippen molar-refractivity contribution in [2.75, 3.05) is 20.2 Å². The number of amides is 2. The quantitative estimate of drug-likeness (QED) is 0.732. The van der Waals surface area contributed by atoms with Crippen LogP contribution in [0, 0.1) is 17.3 Å². The van der Waals surface area contributed by atoms with Crippen molar-refractivity contribution in [2.45, 2.75) is 65.5 Å². The normalized spacial score (nSPS) is 24.0. The molecular weight excluding hydrogens is 396 g/mol. The van der Waals surface area contributed by atoms with Crippen molar-refractivity contribution in [3.63, 3.8) is 0 Å². The minimum Gasteiger partial charge on any atom is -0.504 e. The van der Waals surface area contributed by atoms with Crippen molar-refractivity contribution < 1.29 is 24.2 Å². The summed E-state index contributed by atoms with van der Waals surface area (Å²) >= 11 is 0. The molecule has 1 aliphatic heterocycles. The molecule has 0 bridgehead atoms. The van der Waals surface area contributed by atoms with Crippen molar-refractivity contribution in [1.29, 1.82) is 0 Å². The number of carbonyl (C=O) groups is 2. The van der Waals surface area contributed by atoms with Gasteiger partial charge in [-0.15, -0.1) is 0 Å². The number of nitrogens with one attached hydrogen (secondary N) is 1. The summed E-state index contributed by atoms with van der Waals surface area (Å²) in [6, 6.07) is 4.98. The van der Waals surface area contributed by atoms with Crippen molar-refractivity contribution in [1.82, 2.24) is 10.2 Å². The van der Waals surface area contributed by atoms with Gasteiger partial charge in [-0.25, -0.2) is 4.79 Å². The molecule has 0 unspecified atom stereocenters. The number of hydrogen-bond acceptors (Lipinski definition) is 5. The lowest BCUT2D eigenvalue weighted by Crippen LogP contribution is -2.37. The first-order chi connectivity index (χ1) is 14.7. The fourth-order valence-electron chi connectivity index (χ4n) is 4.57. The van der Waals surface area contributed by atoms with Gasteiger partial charge >= 0.3 is 6.09 Å². The summed E-state index contributed by atoms with van der Waals surface area (Å²) in [4.78, 5) is 26.8.